The predicted octanol–water partition coefficient (Wildman–Crippen LogP) is 3.40. The number of carbonyl (C=O) groups excluding carboxylic acids is 2. The first-order chi connectivity index (χ1) is 14.4. The lowest BCUT2D eigenvalue weighted by Crippen LogP contribution is -2.31. The van der Waals surface area contributed by atoms with Crippen LogP contribution in [0, 0.1) is 13.8 Å². The van der Waals surface area contributed by atoms with Crippen molar-refractivity contribution in [2.24, 2.45) is 0 Å². The van der Waals surface area contributed by atoms with Crippen molar-refractivity contribution < 1.29 is 23.5 Å². The number of esters is 1. The molecule has 0 spiro atoms. The molecule has 2 aromatic carbocycles. The number of aromatic nitrogens is 2. The summed E-state index contributed by atoms with van der Waals surface area (Å²) < 4.78 is 16.0. The Morgan fingerprint density at radius 1 is 1.07 bits per heavy atom. The van der Waals surface area contributed by atoms with E-state index >= 15 is 0 Å². The molecule has 1 N–H and O–H groups in total. The van der Waals surface area contributed by atoms with Crippen molar-refractivity contribution in [2.45, 2.75) is 26.9 Å². The maximum absolute atomic E-state index is 12.2. The zero-order valence-corrected chi connectivity index (χ0v) is 17.3. The van der Waals surface area contributed by atoms with Crippen molar-refractivity contribution in [2.75, 3.05) is 13.7 Å². The normalized spacial score (nSPS) is 11.6. The molecular weight excluding hydrogens is 386 g/mol. The number of carbonyl (C=O) groups is 2. The molecule has 0 aliphatic rings. The monoisotopic (exact) mass is 409 g/mol. The number of nitrogens with one attached hydrogen (secondary N) is 1. The van der Waals surface area contributed by atoms with Crippen LogP contribution in [0.15, 0.2) is 46.9 Å². The van der Waals surface area contributed by atoms with Crippen molar-refractivity contribution in [3.8, 4) is 17.2 Å². The van der Waals surface area contributed by atoms with Crippen LogP contribution in [0.3, 0.4) is 0 Å². The van der Waals surface area contributed by atoms with Crippen LogP contribution in [-0.2, 0) is 9.53 Å². The van der Waals surface area contributed by atoms with E-state index in [-0.39, 0.29) is 18.3 Å². The van der Waals surface area contributed by atoms with Crippen LogP contribution in [0.1, 0.15) is 40.4 Å². The number of methoxy groups -OCH3 is 1. The standard InChI is InChI=1S/C22H23N3O5/c1-13-5-6-17(11-14(13)2)20(27)23-12-19(26)29-15(3)21-24-25-22(30-21)16-7-9-18(28-4)10-8-16/h5-11,15H,12H2,1-4H3,(H,23,27). The third-order valence-corrected chi connectivity index (χ3v) is 4.60. The van der Waals surface area contributed by atoms with Gasteiger partial charge in [0.05, 0.1) is 7.11 Å². The molecule has 156 valence electrons. The van der Waals surface area contributed by atoms with E-state index in [4.69, 9.17) is 13.9 Å². The molecule has 1 amide bonds. The van der Waals surface area contributed by atoms with E-state index in [1.165, 1.54) is 0 Å². The molecule has 0 fully saturated rings. The van der Waals surface area contributed by atoms with Crippen LogP contribution in [-0.4, -0.2) is 35.7 Å². The Hall–Kier alpha value is -3.68. The summed E-state index contributed by atoms with van der Waals surface area (Å²) in [5.74, 6) is 0.225. The highest BCUT2D eigenvalue weighted by atomic mass is 16.6. The number of hydrogen-bond acceptors (Lipinski definition) is 7. The molecule has 1 unspecified atom stereocenters. The zero-order chi connectivity index (χ0) is 21.7. The Morgan fingerprint density at radius 2 is 1.80 bits per heavy atom. The van der Waals surface area contributed by atoms with E-state index in [0.717, 1.165) is 11.1 Å². The summed E-state index contributed by atoms with van der Waals surface area (Å²) in [7, 11) is 1.58. The van der Waals surface area contributed by atoms with Gasteiger partial charge in [0.15, 0.2) is 6.10 Å². The summed E-state index contributed by atoms with van der Waals surface area (Å²) in [5.41, 5.74) is 3.30. The molecule has 30 heavy (non-hydrogen) atoms. The largest absolute Gasteiger partial charge is 0.497 e. The van der Waals surface area contributed by atoms with Gasteiger partial charge in [-0.15, -0.1) is 10.2 Å². The fourth-order valence-electron chi connectivity index (χ4n) is 2.68. The summed E-state index contributed by atoms with van der Waals surface area (Å²) in [6.07, 6.45) is -0.754. The molecule has 0 saturated heterocycles. The highest BCUT2D eigenvalue weighted by molar-refractivity contribution is 5.96. The van der Waals surface area contributed by atoms with Gasteiger partial charge in [-0.2, -0.15) is 0 Å². The topological polar surface area (TPSA) is 104 Å². The van der Waals surface area contributed by atoms with Crippen LogP contribution in [0.5, 0.6) is 5.75 Å². The molecule has 0 radical (unpaired) electrons. The van der Waals surface area contributed by atoms with Gasteiger partial charge in [0.2, 0.25) is 5.89 Å². The Bertz CT molecular complexity index is 1040. The number of hydrogen-bond donors (Lipinski definition) is 1. The third-order valence-electron chi connectivity index (χ3n) is 4.60. The van der Waals surface area contributed by atoms with Gasteiger partial charge in [0, 0.05) is 11.1 Å². The minimum Gasteiger partial charge on any atom is -0.497 e. The molecule has 0 aliphatic carbocycles. The molecule has 1 aromatic heterocycles. The van der Waals surface area contributed by atoms with Gasteiger partial charge in [-0.05, 0) is 68.3 Å². The second-order valence-corrected chi connectivity index (χ2v) is 6.79. The lowest BCUT2D eigenvalue weighted by Gasteiger charge is -2.10. The lowest BCUT2D eigenvalue weighted by atomic mass is 10.1. The average Bonchev–Trinajstić information content (AvgIpc) is 3.24. The molecule has 8 heteroatoms. The van der Waals surface area contributed by atoms with E-state index in [1.54, 1.807) is 50.4 Å². The maximum Gasteiger partial charge on any atom is 0.326 e. The van der Waals surface area contributed by atoms with Crippen molar-refractivity contribution in [3.63, 3.8) is 0 Å². The second-order valence-electron chi connectivity index (χ2n) is 6.79. The van der Waals surface area contributed by atoms with Crippen LogP contribution in [0.4, 0.5) is 0 Å². The minimum absolute atomic E-state index is 0.162. The van der Waals surface area contributed by atoms with Gasteiger partial charge < -0.3 is 19.2 Å². The average molecular weight is 409 g/mol. The first-order valence-corrected chi connectivity index (χ1v) is 9.40. The number of aryl methyl sites for hydroxylation is 2. The van der Waals surface area contributed by atoms with E-state index in [0.29, 0.717) is 22.8 Å². The van der Waals surface area contributed by atoms with Gasteiger partial charge in [0.25, 0.3) is 11.8 Å². The summed E-state index contributed by atoms with van der Waals surface area (Å²) >= 11 is 0. The Kier molecular flexibility index (Phi) is 6.46. The quantitative estimate of drug-likeness (QED) is 0.597. The van der Waals surface area contributed by atoms with E-state index in [2.05, 4.69) is 15.5 Å². The summed E-state index contributed by atoms with van der Waals surface area (Å²) in [5, 5.41) is 10.5. The van der Waals surface area contributed by atoms with Gasteiger partial charge >= 0.3 is 5.97 Å². The van der Waals surface area contributed by atoms with Crippen LogP contribution >= 0.6 is 0 Å². The molecule has 1 heterocycles. The first kappa shape index (κ1) is 21.0. The number of rotatable bonds is 7. The van der Waals surface area contributed by atoms with Gasteiger partial charge in [0.1, 0.15) is 12.3 Å². The molecular formula is C22H23N3O5. The SMILES string of the molecule is COc1ccc(-c2nnc(C(C)OC(=O)CNC(=O)c3ccc(C)c(C)c3)o2)cc1. The van der Waals surface area contributed by atoms with Crippen molar-refractivity contribution >= 4 is 11.9 Å². The molecule has 3 rings (SSSR count). The summed E-state index contributed by atoms with van der Waals surface area (Å²) in [6, 6.07) is 12.5. The van der Waals surface area contributed by atoms with E-state index in [1.807, 2.05) is 19.9 Å². The van der Waals surface area contributed by atoms with Crippen molar-refractivity contribution in [3.05, 3.63) is 65.0 Å². The Labute approximate surface area is 174 Å². The number of benzene rings is 2. The minimum atomic E-state index is -0.754. The molecule has 0 saturated carbocycles. The van der Waals surface area contributed by atoms with Crippen LogP contribution < -0.4 is 10.1 Å². The van der Waals surface area contributed by atoms with Crippen molar-refractivity contribution in [1.82, 2.24) is 15.5 Å². The molecule has 3 aromatic rings. The summed E-state index contributed by atoms with van der Waals surface area (Å²) in [6.45, 7) is 5.24. The lowest BCUT2D eigenvalue weighted by molar-refractivity contribution is -0.148. The molecule has 1 atom stereocenters. The Balaban J connectivity index is 1.54. The number of nitrogens with zero attached hydrogens (tertiary/aromatic N) is 2. The fraction of sp³-hybridized carbons (Fsp3) is 0.273. The highest BCUT2D eigenvalue weighted by Gasteiger charge is 2.19. The second kappa shape index (κ2) is 9.21. The predicted molar refractivity (Wildman–Crippen MR) is 109 cm³/mol. The molecule has 0 aliphatic heterocycles. The third kappa shape index (κ3) is 5.02. The smallest absolute Gasteiger partial charge is 0.326 e. The molecule has 8 nitrogen and oxygen atoms in total. The number of ether oxygens (including phenoxy) is 2. The van der Waals surface area contributed by atoms with E-state index in [9.17, 15) is 9.59 Å². The number of amides is 1. The van der Waals surface area contributed by atoms with Gasteiger partial charge in [-0.1, -0.05) is 6.07 Å². The Morgan fingerprint density at radius 3 is 2.47 bits per heavy atom. The van der Waals surface area contributed by atoms with Crippen LogP contribution in [0.2, 0.25) is 0 Å². The molecule has 0 bridgehead atoms. The fourth-order valence-corrected chi connectivity index (χ4v) is 2.68. The van der Waals surface area contributed by atoms with Crippen molar-refractivity contribution in [1.29, 1.82) is 0 Å². The zero-order valence-electron chi connectivity index (χ0n) is 17.3. The van der Waals surface area contributed by atoms with Gasteiger partial charge in [-0.25, -0.2) is 0 Å². The summed E-state index contributed by atoms with van der Waals surface area (Å²) in [4.78, 5) is 24.3. The van der Waals surface area contributed by atoms with Crippen LogP contribution in [0.25, 0.3) is 11.5 Å². The van der Waals surface area contributed by atoms with Gasteiger partial charge in [-0.3, -0.25) is 9.59 Å². The maximum atomic E-state index is 12.2. The van der Waals surface area contributed by atoms with E-state index < -0.39 is 12.1 Å². The highest BCUT2D eigenvalue weighted by Crippen LogP contribution is 2.24. The first-order valence-electron chi connectivity index (χ1n) is 9.40.